The van der Waals surface area contributed by atoms with Gasteiger partial charge >= 0.3 is 24.3 Å². The van der Waals surface area contributed by atoms with E-state index in [0.29, 0.717) is 0 Å². The van der Waals surface area contributed by atoms with Gasteiger partial charge in [0.05, 0.1) is 0 Å². The second-order valence-electron chi connectivity index (χ2n) is 3.13. The third kappa shape index (κ3) is 3.96. The lowest BCUT2D eigenvalue weighted by Gasteiger charge is -2.30. The molecule has 0 bridgehead atoms. The van der Waals surface area contributed by atoms with E-state index in [9.17, 15) is 53.1 Å². The van der Waals surface area contributed by atoms with Gasteiger partial charge in [-0.1, -0.05) is 0 Å². The Kier molecular flexibility index (Phi) is 4.69. The summed E-state index contributed by atoms with van der Waals surface area (Å²) in [4.78, 5) is 10.1. The quantitative estimate of drug-likeness (QED) is 0.490. The van der Waals surface area contributed by atoms with E-state index in [1.807, 2.05) is 0 Å². The molecule has 0 aliphatic heterocycles. The van der Waals surface area contributed by atoms with Crippen molar-refractivity contribution in [1.29, 1.82) is 0 Å². The predicted molar refractivity (Wildman–Crippen MR) is 39.3 cm³/mol. The van der Waals surface area contributed by atoms with Crippen LogP contribution < -0.4 is 5.32 Å². The molecule has 0 unspecified atom stereocenters. The van der Waals surface area contributed by atoms with Gasteiger partial charge in [0.1, 0.15) is 0 Å². The molecular formula is C7H2F11NO. The SMILES string of the molecule is O=C(/C=C(/F)NC(F)(C(F)(F)F)C(F)(F)F)C(F)(F)F. The average molecular weight is 325 g/mol. The minimum atomic E-state index is -6.74. The van der Waals surface area contributed by atoms with E-state index in [2.05, 4.69) is 0 Å². The van der Waals surface area contributed by atoms with E-state index in [0.717, 1.165) is 0 Å². The second kappa shape index (κ2) is 5.09. The maximum Gasteiger partial charge on any atom is 0.454 e. The molecule has 0 rings (SSSR count). The molecule has 0 aromatic heterocycles. The van der Waals surface area contributed by atoms with Gasteiger partial charge in [-0.2, -0.15) is 48.3 Å². The second-order valence-corrected chi connectivity index (χ2v) is 3.13. The smallest absolute Gasteiger partial charge is 0.315 e. The fraction of sp³-hybridized carbons (Fsp3) is 0.571. The van der Waals surface area contributed by atoms with Crippen LogP contribution in [0.25, 0.3) is 0 Å². The van der Waals surface area contributed by atoms with E-state index in [1.165, 1.54) is 0 Å². The van der Waals surface area contributed by atoms with Crippen LogP contribution in [0.4, 0.5) is 48.3 Å². The fourth-order valence-corrected chi connectivity index (χ4v) is 0.700. The number of rotatable bonds is 3. The van der Waals surface area contributed by atoms with Gasteiger partial charge in [0.25, 0.3) is 5.78 Å². The summed E-state index contributed by atoms with van der Waals surface area (Å²) in [5.41, 5.74) is 0. The molecule has 0 aliphatic rings. The van der Waals surface area contributed by atoms with Crippen molar-refractivity contribution in [2.75, 3.05) is 0 Å². The van der Waals surface area contributed by atoms with Crippen molar-refractivity contribution >= 4 is 5.78 Å². The summed E-state index contributed by atoms with van der Waals surface area (Å²) in [6, 6.07) is 0. The standard InChI is InChI=1S/C7H2F11NO/c8-3(1-2(20)4(9,10)11)19-5(12,6(13,14)15)7(16,17)18/h1,19H/b3-1-. The summed E-state index contributed by atoms with van der Waals surface area (Å²) >= 11 is 0. The van der Waals surface area contributed by atoms with E-state index in [-0.39, 0.29) is 0 Å². The van der Waals surface area contributed by atoms with Crippen molar-refractivity contribution in [3.05, 3.63) is 12.0 Å². The van der Waals surface area contributed by atoms with E-state index < -0.39 is 47.4 Å². The van der Waals surface area contributed by atoms with Crippen molar-refractivity contribution in [2.45, 2.75) is 24.3 Å². The highest BCUT2D eigenvalue weighted by Crippen LogP contribution is 2.44. The first-order valence-electron chi connectivity index (χ1n) is 4.11. The summed E-state index contributed by atoms with van der Waals surface area (Å²) in [5, 5.41) is -0.467. The van der Waals surface area contributed by atoms with Gasteiger partial charge in [0, 0.05) is 6.08 Å². The van der Waals surface area contributed by atoms with Crippen molar-refractivity contribution < 1.29 is 53.1 Å². The average Bonchev–Trinajstić information content (AvgIpc) is 2.11. The Bertz CT molecular complexity index is 386. The topological polar surface area (TPSA) is 29.1 Å². The fourth-order valence-electron chi connectivity index (χ4n) is 0.700. The molecule has 20 heavy (non-hydrogen) atoms. The Labute approximate surface area is 102 Å². The molecule has 118 valence electrons. The van der Waals surface area contributed by atoms with Gasteiger partial charge in [-0.25, -0.2) is 0 Å². The van der Waals surface area contributed by atoms with Crippen LogP contribution in [-0.2, 0) is 4.79 Å². The minimum absolute atomic E-state index is 0.467. The molecule has 0 aromatic rings. The molecule has 0 fully saturated rings. The molecule has 0 spiro atoms. The summed E-state index contributed by atoms with van der Waals surface area (Å²) < 4.78 is 131. The van der Waals surface area contributed by atoms with Crippen LogP contribution >= 0.6 is 0 Å². The zero-order valence-electron chi connectivity index (χ0n) is 8.64. The van der Waals surface area contributed by atoms with Crippen molar-refractivity contribution in [1.82, 2.24) is 5.32 Å². The van der Waals surface area contributed by atoms with Crippen LogP contribution in [0, 0.1) is 0 Å². The molecule has 0 aromatic carbocycles. The van der Waals surface area contributed by atoms with Gasteiger partial charge in [-0.15, -0.1) is 0 Å². The van der Waals surface area contributed by atoms with E-state index >= 15 is 0 Å². The highest BCUT2D eigenvalue weighted by atomic mass is 19.4. The molecule has 2 nitrogen and oxygen atoms in total. The summed E-state index contributed by atoms with van der Waals surface area (Å²) in [5.74, 6) is -12.6. The van der Waals surface area contributed by atoms with Crippen LogP contribution in [0.5, 0.6) is 0 Å². The van der Waals surface area contributed by atoms with E-state index in [4.69, 9.17) is 0 Å². The first-order chi connectivity index (χ1) is 8.52. The lowest BCUT2D eigenvalue weighted by atomic mass is 10.2. The van der Waals surface area contributed by atoms with Crippen LogP contribution in [0.1, 0.15) is 0 Å². The van der Waals surface area contributed by atoms with Crippen LogP contribution in [-0.4, -0.2) is 30.1 Å². The van der Waals surface area contributed by atoms with Gasteiger partial charge in [-0.3, -0.25) is 4.79 Å². The highest BCUT2D eigenvalue weighted by molar-refractivity contribution is 5.94. The Hall–Kier alpha value is -1.56. The van der Waals surface area contributed by atoms with Crippen molar-refractivity contribution in [2.24, 2.45) is 0 Å². The minimum Gasteiger partial charge on any atom is -0.315 e. The van der Waals surface area contributed by atoms with Gasteiger partial charge in [0.15, 0.2) is 5.95 Å². The lowest BCUT2D eigenvalue weighted by molar-refractivity contribution is -0.351. The van der Waals surface area contributed by atoms with Crippen molar-refractivity contribution in [3.8, 4) is 0 Å². The molecule has 0 heterocycles. The molecule has 0 atom stereocenters. The molecular weight excluding hydrogens is 323 g/mol. The van der Waals surface area contributed by atoms with Crippen LogP contribution in [0.2, 0.25) is 0 Å². The Balaban J connectivity index is 5.44. The maximum atomic E-state index is 12.8. The third-order valence-corrected chi connectivity index (χ3v) is 1.61. The molecule has 0 saturated heterocycles. The normalized spacial score (nSPS) is 15.2. The number of nitrogens with one attached hydrogen (secondary N) is 1. The predicted octanol–water partition coefficient (Wildman–Crippen LogP) is 3.31. The molecule has 13 heteroatoms. The van der Waals surface area contributed by atoms with Gasteiger partial charge < -0.3 is 5.32 Å². The van der Waals surface area contributed by atoms with Gasteiger partial charge in [0.2, 0.25) is 0 Å². The van der Waals surface area contributed by atoms with E-state index in [1.54, 1.807) is 0 Å². The number of halogens is 11. The number of hydrogen-bond donors (Lipinski definition) is 1. The lowest BCUT2D eigenvalue weighted by Crippen LogP contribution is -2.62. The highest BCUT2D eigenvalue weighted by Gasteiger charge is 2.73. The number of allylic oxidation sites excluding steroid dienone is 1. The molecule has 0 aliphatic carbocycles. The van der Waals surface area contributed by atoms with Crippen LogP contribution in [0.15, 0.2) is 12.0 Å². The van der Waals surface area contributed by atoms with Crippen LogP contribution in [0.3, 0.4) is 0 Å². The number of hydrogen-bond acceptors (Lipinski definition) is 2. The summed E-state index contributed by atoms with van der Waals surface area (Å²) in [6.07, 6.45) is -20.5. The van der Waals surface area contributed by atoms with Crippen molar-refractivity contribution in [3.63, 3.8) is 0 Å². The molecule has 0 radical (unpaired) electrons. The Morgan fingerprint density at radius 3 is 1.40 bits per heavy atom. The number of carbonyl (C=O) groups excluding carboxylic acids is 1. The zero-order chi connectivity index (χ0) is 16.6. The zero-order valence-corrected chi connectivity index (χ0v) is 8.64. The first kappa shape index (κ1) is 18.4. The number of ketones is 1. The first-order valence-corrected chi connectivity index (χ1v) is 4.11. The molecule has 1 N–H and O–H groups in total. The Morgan fingerprint density at radius 2 is 1.15 bits per heavy atom. The Morgan fingerprint density at radius 1 is 0.800 bits per heavy atom. The number of carbonyl (C=O) groups is 1. The van der Waals surface area contributed by atoms with Gasteiger partial charge in [-0.05, 0) is 0 Å². The monoisotopic (exact) mass is 325 g/mol. The maximum absolute atomic E-state index is 12.8. The summed E-state index contributed by atoms with van der Waals surface area (Å²) in [7, 11) is 0. The summed E-state index contributed by atoms with van der Waals surface area (Å²) in [6.45, 7) is 0. The third-order valence-electron chi connectivity index (χ3n) is 1.61. The number of alkyl halides is 10. The molecule has 0 amide bonds. The largest absolute Gasteiger partial charge is 0.454 e. The molecule has 0 saturated carbocycles.